The minimum atomic E-state index is -1.91. The lowest BCUT2D eigenvalue weighted by Crippen LogP contribution is -2.67. The summed E-state index contributed by atoms with van der Waals surface area (Å²) in [6.07, 6.45) is 0.979. The molecule has 15 heavy (non-hydrogen) atoms. The van der Waals surface area contributed by atoms with Crippen molar-refractivity contribution < 1.29 is 23.9 Å². The zero-order valence-electron chi connectivity index (χ0n) is 9.61. The summed E-state index contributed by atoms with van der Waals surface area (Å²) in [5.41, 5.74) is -1.91. The fourth-order valence-corrected chi connectivity index (χ4v) is 1.40. The maximum absolute atomic E-state index is 11.7. The number of carboxylic acids is 1. The van der Waals surface area contributed by atoms with Gasteiger partial charge in [-0.05, 0) is 13.0 Å². The summed E-state index contributed by atoms with van der Waals surface area (Å²) >= 11 is 0. The topological polar surface area (TPSA) is 63.6 Å². The molecule has 1 atom stereocenters. The quantitative estimate of drug-likeness (QED) is 0.299. The molecule has 0 bridgehead atoms. The van der Waals surface area contributed by atoms with Crippen molar-refractivity contribution in [1.82, 2.24) is 0 Å². The maximum Gasteiger partial charge on any atom is 0.404 e. The Morgan fingerprint density at radius 1 is 1.47 bits per heavy atom. The first-order chi connectivity index (χ1) is 6.74. The van der Waals surface area contributed by atoms with Crippen LogP contribution in [-0.4, -0.2) is 54.8 Å². The number of quaternary nitrogens is 1. The lowest BCUT2D eigenvalue weighted by atomic mass is 10.1. The van der Waals surface area contributed by atoms with Gasteiger partial charge in [-0.25, -0.2) is 4.79 Å². The van der Waals surface area contributed by atoms with E-state index in [4.69, 9.17) is 4.74 Å². The van der Waals surface area contributed by atoms with Crippen molar-refractivity contribution >= 4 is 11.8 Å². The number of aliphatic carboxylic acids is 1. The molecular weight excluding hydrogens is 198 g/mol. The molecule has 0 rings (SSSR count). The molecule has 1 N–H and O–H groups in total. The first kappa shape index (κ1) is 13.8. The van der Waals surface area contributed by atoms with Crippen molar-refractivity contribution in [3.05, 3.63) is 12.7 Å². The molecule has 0 saturated carbocycles. The number of carbonyl (C=O) groups excluding carboxylic acids is 1. The number of hydrogen-bond donors (Lipinski definition) is 1. The molecule has 5 heteroatoms. The van der Waals surface area contributed by atoms with E-state index in [1.165, 1.54) is 0 Å². The van der Waals surface area contributed by atoms with Crippen molar-refractivity contribution in [3.8, 4) is 0 Å². The first-order valence-electron chi connectivity index (χ1n) is 4.59. The Labute approximate surface area is 89.5 Å². The third kappa shape index (κ3) is 2.24. The second-order valence-electron chi connectivity index (χ2n) is 3.96. The molecular formula is C10H18NO4+. The molecule has 0 aromatic heterocycles. The van der Waals surface area contributed by atoms with Crippen molar-refractivity contribution in [2.75, 3.05) is 27.7 Å². The number of carboxylic acid groups (broad SMARTS) is 1. The van der Waals surface area contributed by atoms with Crippen LogP contribution in [0.5, 0.6) is 0 Å². The SMILES string of the molecule is C=CC(=O)C(OCC)(C(=O)O)[N+](C)(C)C. The van der Waals surface area contributed by atoms with Crippen molar-refractivity contribution in [2.24, 2.45) is 0 Å². The van der Waals surface area contributed by atoms with E-state index >= 15 is 0 Å². The average molecular weight is 216 g/mol. The number of ketones is 1. The smallest absolute Gasteiger partial charge is 0.404 e. The summed E-state index contributed by atoms with van der Waals surface area (Å²) in [6, 6.07) is 0. The minimum Gasteiger partial charge on any atom is -0.474 e. The van der Waals surface area contributed by atoms with E-state index in [1.807, 2.05) is 0 Å². The Morgan fingerprint density at radius 3 is 2.13 bits per heavy atom. The van der Waals surface area contributed by atoms with Gasteiger partial charge in [0.05, 0.1) is 27.7 Å². The van der Waals surface area contributed by atoms with Gasteiger partial charge in [-0.15, -0.1) is 0 Å². The number of ether oxygens (including phenoxy) is 1. The molecule has 0 amide bonds. The van der Waals surface area contributed by atoms with Crippen LogP contribution in [0.15, 0.2) is 12.7 Å². The fraction of sp³-hybridized carbons (Fsp3) is 0.600. The number of nitrogens with zero attached hydrogens (tertiary/aromatic N) is 1. The highest BCUT2D eigenvalue weighted by molar-refractivity contribution is 6.10. The molecule has 0 saturated heterocycles. The molecule has 0 aliphatic heterocycles. The Kier molecular flexibility index (Phi) is 4.18. The van der Waals surface area contributed by atoms with Crippen LogP contribution in [0.25, 0.3) is 0 Å². The van der Waals surface area contributed by atoms with E-state index in [1.54, 1.807) is 28.1 Å². The lowest BCUT2D eigenvalue weighted by molar-refractivity contribution is -0.927. The fourth-order valence-electron chi connectivity index (χ4n) is 1.40. The molecule has 0 aromatic carbocycles. The molecule has 5 nitrogen and oxygen atoms in total. The third-order valence-electron chi connectivity index (χ3n) is 2.11. The molecule has 0 aromatic rings. The lowest BCUT2D eigenvalue weighted by Gasteiger charge is -2.39. The summed E-state index contributed by atoms with van der Waals surface area (Å²) in [6.45, 7) is 5.08. The Hall–Kier alpha value is -1.20. The highest BCUT2D eigenvalue weighted by Crippen LogP contribution is 2.23. The van der Waals surface area contributed by atoms with Gasteiger partial charge >= 0.3 is 11.7 Å². The van der Waals surface area contributed by atoms with Crippen LogP contribution in [0.1, 0.15) is 6.92 Å². The molecule has 0 heterocycles. The van der Waals surface area contributed by atoms with Gasteiger partial charge in [0.2, 0.25) is 0 Å². The number of hydrogen-bond acceptors (Lipinski definition) is 3. The van der Waals surface area contributed by atoms with Gasteiger partial charge < -0.3 is 9.84 Å². The molecule has 0 radical (unpaired) electrons. The second kappa shape index (κ2) is 4.55. The minimum absolute atomic E-state index is 0.140. The Bertz CT molecular complexity index is 280. The third-order valence-corrected chi connectivity index (χ3v) is 2.11. The standard InChI is InChI=1S/C10H17NO4/c1-6-8(12)10(9(13)14,15-7-2)11(3,4)5/h6H,1,7H2,2-5H3/p+1. The van der Waals surface area contributed by atoms with E-state index in [9.17, 15) is 14.7 Å². The molecule has 0 spiro atoms. The number of likely N-dealkylation sites (N-methyl/N-ethyl adjacent to an activating group) is 1. The van der Waals surface area contributed by atoms with Gasteiger partial charge in [-0.2, -0.15) is 0 Å². The van der Waals surface area contributed by atoms with Gasteiger partial charge in [0, 0.05) is 0 Å². The second-order valence-corrected chi connectivity index (χ2v) is 3.96. The van der Waals surface area contributed by atoms with Crippen LogP contribution in [0.4, 0.5) is 0 Å². The number of carbonyl (C=O) groups is 2. The normalized spacial score (nSPS) is 15.5. The van der Waals surface area contributed by atoms with Crippen LogP contribution in [0, 0.1) is 0 Å². The maximum atomic E-state index is 11.7. The molecule has 1 unspecified atom stereocenters. The van der Waals surface area contributed by atoms with Crippen LogP contribution < -0.4 is 0 Å². The Balaban J connectivity index is 5.58. The predicted molar refractivity (Wildman–Crippen MR) is 55.2 cm³/mol. The largest absolute Gasteiger partial charge is 0.474 e. The summed E-state index contributed by atoms with van der Waals surface area (Å²) in [7, 11) is 4.77. The van der Waals surface area contributed by atoms with Crippen molar-refractivity contribution in [1.29, 1.82) is 0 Å². The summed E-state index contributed by atoms with van der Waals surface area (Å²) in [5.74, 6) is -1.95. The van der Waals surface area contributed by atoms with Crippen LogP contribution in [0.2, 0.25) is 0 Å². The summed E-state index contributed by atoms with van der Waals surface area (Å²) < 4.78 is 5.01. The van der Waals surface area contributed by atoms with Crippen LogP contribution >= 0.6 is 0 Å². The molecule has 0 aliphatic carbocycles. The van der Waals surface area contributed by atoms with Gasteiger partial charge in [-0.1, -0.05) is 6.58 Å². The van der Waals surface area contributed by atoms with Gasteiger partial charge in [0.25, 0.3) is 5.78 Å². The molecule has 86 valence electrons. The Morgan fingerprint density at radius 2 is 1.93 bits per heavy atom. The zero-order valence-corrected chi connectivity index (χ0v) is 9.61. The average Bonchev–Trinajstić information content (AvgIpc) is 2.10. The van der Waals surface area contributed by atoms with E-state index in [-0.39, 0.29) is 11.1 Å². The first-order valence-corrected chi connectivity index (χ1v) is 4.59. The van der Waals surface area contributed by atoms with Crippen LogP contribution in [0.3, 0.4) is 0 Å². The van der Waals surface area contributed by atoms with Gasteiger partial charge in [0.15, 0.2) is 0 Å². The monoisotopic (exact) mass is 216 g/mol. The van der Waals surface area contributed by atoms with E-state index in [0.717, 1.165) is 6.08 Å². The highest BCUT2D eigenvalue weighted by atomic mass is 16.6. The number of rotatable bonds is 6. The van der Waals surface area contributed by atoms with E-state index in [2.05, 4.69) is 6.58 Å². The summed E-state index contributed by atoms with van der Waals surface area (Å²) in [4.78, 5) is 22.9. The summed E-state index contributed by atoms with van der Waals surface area (Å²) in [5, 5.41) is 9.18. The van der Waals surface area contributed by atoms with Gasteiger partial charge in [0.1, 0.15) is 0 Å². The van der Waals surface area contributed by atoms with Gasteiger partial charge in [-0.3, -0.25) is 9.28 Å². The predicted octanol–water partition coefficient (Wildman–Crippen LogP) is 0.265. The van der Waals surface area contributed by atoms with Crippen molar-refractivity contribution in [3.63, 3.8) is 0 Å². The van der Waals surface area contributed by atoms with Crippen molar-refractivity contribution in [2.45, 2.75) is 12.6 Å². The highest BCUT2D eigenvalue weighted by Gasteiger charge is 2.58. The molecule has 0 fully saturated rings. The van der Waals surface area contributed by atoms with Crippen LogP contribution in [-0.2, 0) is 14.3 Å². The van der Waals surface area contributed by atoms with E-state index in [0.29, 0.717) is 0 Å². The van der Waals surface area contributed by atoms with E-state index < -0.39 is 17.5 Å². The molecule has 0 aliphatic rings. The zero-order chi connectivity index (χ0) is 12.3.